The molecule has 0 aliphatic heterocycles. The van der Waals surface area contributed by atoms with Crippen molar-refractivity contribution in [2.24, 2.45) is 0 Å². The summed E-state index contributed by atoms with van der Waals surface area (Å²) in [5, 5.41) is 0. The fourth-order valence-electron chi connectivity index (χ4n) is 2.25. The van der Waals surface area contributed by atoms with Gasteiger partial charge in [-0.25, -0.2) is 0 Å². The third-order valence-electron chi connectivity index (χ3n) is 3.44. The van der Waals surface area contributed by atoms with E-state index in [-0.39, 0.29) is 5.78 Å². The van der Waals surface area contributed by atoms with Crippen LogP contribution < -0.4 is 0 Å². The molecule has 1 aromatic heterocycles. The minimum Gasteiger partial charge on any atom is -0.289 e. The fraction of sp³-hybridized carbons (Fsp3) is 0.0500. The van der Waals surface area contributed by atoms with Crippen molar-refractivity contribution in [1.29, 1.82) is 0 Å². The average molecular weight is 304 g/mol. The molecule has 0 bridgehead atoms. The number of aryl methyl sites for hydroxylation is 1. The number of carbonyl (C=O) groups is 1. The summed E-state index contributed by atoms with van der Waals surface area (Å²) in [6, 6.07) is 22.0. The fourth-order valence-corrected chi connectivity index (χ4v) is 3.03. The van der Waals surface area contributed by atoms with Crippen molar-refractivity contribution in [2.45, 2.75) is 6.92 Å². The average Bonchev–Trinajstić information content (AvgIpc) is 2.99. The molecule has 3 aromatic rings. The molecule has 0 aliphatic rings. The van der Waals surface area contributed by atoms with Crippen LogP contribution in [0, 0.1) is 6.92 Å². The Balaban J connectivity index is 1.75. The Labute approximate surface area is 134 Å². The van der Waals surface area contributed by atoms with Crippen LogP contribution >= 0.6 is 11.3 Å². The van der Waals surface area contributed by atoms with Gasteiger partial charge in [-0.1, -0.05) is 54.6 Å². The molecule has 2 heteroatoms. The summed E-state index contributed by atoms with van der Waals surface area (Å²) in [5.74, 6) is 0.0330. The number of carbonyl (C=O) groups excluding carboxylic acids is 1. The highest BCUT2D eigenvalue weighted by molar-refractivity contribution is 7.12. The van der Waals surface area contributed by atoms with Crippen LogP contribution in [0.3, 0.4) is 0 Å². The zero-order valence-corrected chi connectivity index (χ0v) is 13.1. The first-order chi connectivity index (χ1) is 10.7. The van der Waals surface area contributed by atoms with Crippen molar-refractivity contribution in [3.05, 3.63) is 88.1 Å². The van der Waals surface area contributed by atoms with Crippen molar-refractivity contribution in [3.63, 3.8) is 0 Å². The summed E-state index contributed by atoms with van der Waals surface area (Å²) in [6.45, 7) is 2.06. The van der Waals surface area contributed by atoms with Crippen LogP contribution in [0.5, 0.6) is 0 Å². The maximum Gasteiger partial charge on any atom is 0.185 e. The molecule has 2 aromatic carbocycles. The smallest absolute Gasteiger partial charge is 0.185 e. The van der Waals surface area contributed by atoms with Gasteiger partial charge in [0.25, 0.3) is 0 Å². The van der Waals surface area contributed by atoms with E-state index < -0.39 is 0 Å². The molecule has 0 N–H and O–H groups in total. The molecule has 0 atom stereocenters. The summed E-state index contributed by atoms with van der Waals surface area (Å²) < 4.78 is 0. The Bertz CT molecular complexity index is 795. The molecule has 3 rings (SSSR count). The molecule has 1 heterocycles. The van der Waals surface area contributed by atoms with Gasteiger partial charge in [-0.2, -0.15) is 0 Å². The second-order valence-electron chi connectivity index (χ2n) is 5.09. The highest BCUT2D eigenvalue weighted by atomic mass is 32.1. The molecule has 0 saturated heterocycles. The van der Waals surface area contributed by atoms with Gasteiger partial charge in [-0.05, 0) is 42.3 Å². The van der Waals surface area contributed by atoms with Crippen LogP contribution in [-0.2, 0) is 0 Å². The van der Waals surface area contributed by atoms with Crippen LogP contribution in [0.4, 0.5) is 0 Å². The molecule has 0 unspecified atom stereocenters. The third-order valence-corrected chi connectivity index (χ3v) is 4.40. The van der Waals surface area contributed by atoms with Gasteiger partial charge in [0.2, 0.25) is 0 Å². The van der Waals surface area contributed by atoms with E-state index in [0.717, 1.165) is 16.0 Å². The quantitative estimate of drug-likeness (QED) is 0.451. The van der Waals surface area contributed by atoms with E-state index in [0.29, 0.717) is 5.56 Å². The SMILES string of the molecule is Cc1ccc(C=CC(=O)c2ccc(-c3ccccc3)cc2)s1. The topological polar surface area (TPSA) is 17.1 Å². The molecule has 108 valence electrons. The summed E-state index contributed by atoms with van der Waals surface area (Å²) in [5.41, 5.74) is 2.99. The molecule has 0 radical (unpaired) electrons. The largest absolute Gasteiger partial charge is 0.289 e. The number of hydrogen-bond acceptors (Lipinski definition) is 2. The number of thiophene rings is 1. The molecular weight excluding hydrogens is 288 g/mol. The van der Waals surface area contributed by atoms with Gasteiger partial charge < -0.3 is 0 Å². The lowest BCUT2D eigenvalue weighted by atomic mass is 10.0. The van der Waals surface area contributed by atoms with E-state index in [1.165, 1.54) is 4.88 Å². The lowest BCUT2D eigenvalue weighted by Gasteiger charge is -2.02. The standard InChI is InChI=1S/C20H16OS/c1-15-7-12-19(22-15)13-14-20(21)18-10-8-17(9-11-18)16-5-3-2-4-6-16/h2-14H,1H3. The normalized spacial score (nSPS) is 11.0. The Hall–Kier alpha value is -2.45. The maximum atomic E-state index is 12.2. The third kappa shape index (κ3) is 3.41. The van der Waals surface area contributed by atoms with Gasteiger partial charge in [0.15, 0.2) is 5.78 Å². The highest BCUT2D eigenvalue weighted by Gasteiger charge is 2.03. The lowest BCUT2D eigenvalue weighted by molar-refractivity contribution is 0.104. The molecular formula is C20H16OS. The van der Waals surface area contributed by atoms with Crippen molar-refractivity contribution < 1.29 is 4.79 Å². The van der Waals surface area contributed by atoms with Gasteiger partial charge in [0.05, 0.1) is 0 Å². The predicted octanol–water partition coefficient (Wildman–Crippen LogP) is 5.62. The van der Waals surface area contributed by atoms with Gasteiger partial charge in [0.1, 0.15) is 0 Å². The van der Waals surface area contributed by atoms with E-state index in [9.17, 15) is 4.79 Å². The molecule has 0 aliphatic carbocycles. The summed E-state index contributed by atoms with van der Waals surface area (Å²) in [7, 11) is 0. The van der Waals surface area contributed by atoms with E-state index >= 15 is 0 Å². The number of ketones is 1. The molecule has 0 fully saturated rings. The highest BCUT2D eigenvalue weighted by Crippen LogP contribution is 2.20. The number of hydrogen-bond donors (Lipinski definition) is 0. The van der Waals surface area contributed by atoms with Crippen molar-refractivity contribution in [2.75, 3.05) is 0 Å². The second-order valence-corrected chi connectivity index (χ2v) is 6.41. The first kappa shape index (κ1) is 14.5. The predicted molar refractivity (Wildman–Crippen MR) is 94.3 cm³/mol. The van der Waals surface area contributed by atoms with E-state index in [4.69, 9.17) is 0 Å². The summed E-state index contributed by atoms with van der Waals surface area (Å²) in [6.07, 6.45) is 3.52. The molecule has 0 amide bonds. The Morgan fingerprint density at radius 1 is 0.864 bits per heavy atom. The van der Waals surface area contributed by atoms with Crippen molar-refractivity contribution >= 4 is 23.2 Å². The summed E-state index contributed by atoms with van der Waals surface area (Å²) in [4.78, 5) is 14.5. The zero-order chi connectivity index (χ0) is 15.4. The van der Waals surface area contributed by atoms with Gasteiger partial charge >= 0.3 is 0 Å². The molecule has 0 spiro atoms. The van der Waals surface area contributed by atoms with E-state index in [1.807, 2.05) is 54.6 Å². The molecule has 1 nitrogen and oxygen atoms in total. The van der Waals surface area contributed by atoms with E-state index in [2.05, 4.69) is 25.1 Å². The molecule has 22 heavy (non-hydrogen) atoms. The lowest BCUT2D eigenvalue weighted by Crippen LogP contribution is -1.93. The number of rotatable bonds is 4. The van der Waals surface area contributed by atoms with Gasteiger partial charge in [-0.15, -0.1) is 11.3 Å². The number of benzene rings is 2. The van der Waals surface area contributed by atoms with E-state index in [1.54, 1.807) is 17.4 Å². The van der Waals surface area contributed by atoms with Gasteiger partial charge in [0, 0.05) is 15.3 Å². The maximum absolute atomic E-state index is 12.2. The second kappa shape index (κ2) is 6.54. The Kier molecular flexibility index (Phi) is 4.31. The molecule has 0 saturated carbocycles. The minimum atomic E-state index is 0.0330. The van der Waals surface area contributed by atoms with Gasteiger partial charge in [-0.3, -0.25) is 4.79 Å². The van der Waals surface area contributed by atoms with Crippen LogP contribution in [0.25, 0.3) is 17.2 Å². The van der Waals surface area contributed by atoms with Crippen LogP contribution in [0.15, 0.2) is 72.8 Å². The minimum absolute atomic E-state index is 0.0330. The van der Waals surface area contributed by atoms with Crippen LogP contribution in [-0.4, -0.2) is 5.78 Å². The Morgan fingerprint density at radius 3 is 2.18 bits per heavy atom. The Morgan fingerprint density at radius 2 is 1.55 bits per heavy atom. The van der Waals surface area contributed by atoms with Crippen molar-refractivity contribution in [1.82, 2.24) is 0 Å². The zero-order valence-electron chi connectivity index (χ0n) is 12.3. The van der Waals surface area contributed by atoms with Crippen molar-refractivity contribution in [3.8, 4) is 11.1 Å². The monoisotopic (exact) mass is 304 g/mol. The first-order valence-corrected chi connectivity index (χ1v) is 7.98. The number of allylic oxidation sites excluding steroid dienone is 1. The van der Waals surface area contributed by atoms with Crippen LogP contribution in [0.2, 0.25) is 0 Å². The first-order valence-electron chi connectivity index (χ1n) is 7.17. The summed E-state index contributed by atoms with van der Waals surface area (Å²) >= 11 is 1.69. The van der Waals surface area contributed by atoms with Crippen LogP contribution in [0.1, 0.15) is 20.1 Å².